The van der Waals surface area contributed by atoms with Crippen molar-refractivity contribution in [1.82, 2.24) is 0 Å². The molecule has 7 nitrogen and oxygen atoms in total. The molecule has 0 unspecified atom stereocenters. The van der Waals surface area contributed by atoms with E-state index in [2.05, 4.69) is 10.6 Å². The molecule has 9 heteroatoms. The van der Waals surface area contributed by atoms with E-state index in [1.54, 1.807) is 30.3 Å². The van der Waals surface area contributed by atoms with Crippen LogP contribution in [-0.2, 0) is 19.1 Å². The lowest BCUT2D eigenvalue weighted by Crippen LogP contribution is -2.22. The number of benzene rings is 2. The van der Waals surface area contributed by atoms with Crippen LogP contribution in [0.25, 0.3) is 0 Å². The summed E-state index contributed by atoms with van der Waals surface area (Å²) in [5, 5.41) is 13.6. The van der Waals surface area contributed by atoms with Crippen LogP contribution < -0.4 is 10.6 Å². The van der Waals surface area contributed by atoms with Crippen molar-refractivity contribution in [3.63, 3.8) is 0 Å². The van der Waals surface area contributed by atoms with E-state index in [0.29, 0.717) is 11.3 Å². The highest BCUT2D eigenvalue weighted by Gasteiger charge is 2.11. The van der Waals surface area contributed by atoms with Crippen LogP contribution in [0.4, 0.5) is 15.8 Å². The Labute approximate surface area is 164 Å². The summed E-state index contributed by atoms with van der Waals surface area (Å²) in [7, 11) is 0. The van der Waals surface area contributed by atoms with Crippen molar-refractivity contribution in [2.45, 2.75) is 0 Å². The molecule has 0 aliphatic carbocycles. The standard InChI is InChI=1S/C19H16FN3O4S/c20-15-3-1-2-4-16(15)23-18(25)11-28-12-19(26)27-10-17(24)22-14-7-5-13(9-21)6-8-14/h1-8H,10-12H2,(H,22,24)(H,23,25). The number of anilines is 2. The monoisotopic (exact) mass is 401 g/mol. The van der Waals surface area contributed by atoms with E-state index in [4.69, 9.17) is 10.00 Å². The number of halogens is 1. The van der Waals surface area contributed by atoms with Gasteiger partial charge in [-0.3, -0.25) is 14.4 Å². The molecule has 28 heavy (non-hydrogen) atoms. The van der Waals surface area contributed by atoms with Crippen molar-refractivity contribution in [2.75, 3.05) is 28.7 Å². The van der Waals surface area contributed by atoms with Gasteiger partial charge in [0.2, 0.25) is 5.91 Å². The largest absolute Gasteiger partial charge is 0.455 e. The number of ether oxygens (including phenoxy) is 1. The average Bonchev–Trinajstić information content (AvgIpc) is 2.69. The molecule has 0 saturated heterocycles. The minimum atomic E-state index is -0.654. The van der Waals surface area contributed by atoms with Gasteiger partial charge in [0, 0.05) is 5.69 Å². The smallest absolute Gasteiger partial charge is 0.316 e. The maximum atomic E-state index is 13.4. The summed E-state index contributed by atoms with van der Waals surface area (Å²) in [5.74, 6) is -2.38. The SMILES string of the molecule is N#Cc1ccc(NC(=O)COC(=O)CSCC(=O)Nc2ccccc2F)cc1. The summed E-state index contributed by atoms with van der Waals surface area (Å²) >= 11 is 0.983. The number of nitrogens with one attached hydrogen (secondary N) is 2. The van der Waals surface area contributed by atoms with Crippen LogP contribution in [0.5, 0.6) is 0 Å². The second-order valence-electron chi connectivity index (χ2n) is 5.42. The van der Waals surface area contributed by atoms with Gasteiger partial charge in [-0.15, -0.1) is 11.8 Å². The lowest BCUT2D eigenvalue weighted by Gasteiger charge is -2.07. The van der Waals surface area contributed by atoms with Crippen LogP contribution in [0, 0.1) is 17.1 Å². The number of rotatable bonds is 8. The first-order chi connectivity index (χ1) is 13.5. The molecule has 0 bridgehead atoms. The third-order valence-electron chi connectivity index (χ3n) is 3.26. The van der Waals surface area contributed by atoms with Gasteiger partial charge in [-0.2, -0.15) is 5.26 Å². The van der Waals surface area contributed by atoms with Crippen LogP contribution in [0.2, 0.25) is 0 Å². The minimum Gasteiger partial charge on any atom is -0.455 e. The van der Waals surface area contributed by atoms with Gasteiger partial charge in [0.25, 0.3) is 5.91 Å². The Hall–Kier alpha value is -3.38. The van der Waals surface area contributed by atoms with Crippen molar-refractivity contribution in [3.05, 3.63) is 59.9 Å². The van der Waals surface area contributed by atoms with Crippen LogP contribution in [-0.4, -0.2) is 35.9 Å². The number of para-hydroxylation sites is 1. The quantitative estimate of drug-likeness (QED) is 0.658. The highest BCUT2D eigenvalue weighted by atomic mass is 32.2. The Morgan fingerprint density at radius 3 is 2.39 bits per heavy atom. The molecule has 2 amide bonds. The van der Waals surface area contributed by atoms with Crippen molar-refractivity contribution in [1.29, 1.82) is 5.26 Å². The average molecular weight is 401 g/mol. The molecule has 0 atom stereocenters. The van der Waals surface area contributed by atoms with Crippen LogP contribution >= 0.6 is 11.8 Å². The summed E-state index contributed by atoms with van der Waals surface area (Å²) in [6.45, 7) is -0.471. The molecule has 2 N–H and O–H groups in total. The molecule has 0 saturated carbocycles. The molecule has 0 radical (unpaired) electrons. The van der Waals surface area contributed by atoms with Gasteiger partial charge >= 0.3 is 5.97 Å². The summed E-state index contributed by atoms with van der Waals surface area (Å²) < 4.78 is 18.2. The zero-order valence-corrected chi connectivity index (χ0v) is 15.4. The molecule has 0 aromatic heterocycles. The first-order valence-electron chi connectivity index (χ1n) is 8.05. The highest BCUT2D eigenvalue weighted by Crippen LogP contribution is 2.13. The number of hydrogen-bond acceptors (Lipinski definition) is 6. The molecule has 0 aliphatic heterocycles. The highest BCUT2D eigenvalue weighted by molar-refractivity contribution is 8.00. The molecular formula is C19H16FN3O4S. The van der Waals surface area contributed by atoms with E-state index in [1.165, 1.54) is 18.2 Å². The van der Waals surface area contributed by atoms with Gasteiger partial charge in [-0.25, -0.2) is 4.39 Å². The summed E-state index contributed by atoms with van der Waals surface area (Å²) in [5.41, 5.74) is 0.995. The molecule has 0 aliphatic rings. The Morgan fingerprint density at radius 1 is 1.00 bits per heavy atom. The predicted molar refractivity (Wildman–Crippen MR) is 103 cm³/mol. The fourth-order valence-corrected chi connectivity index (χ4v) is 2.60. The van der Waals surface area contributed by atoms with E-state index < -0.39 is 30.2 Å². The van der Waals surface area contributed by atoms with Crippen molar-refractivity contribution >= 4 is 40.9 Å². The third-order valence-corrected chi connectivity index (χ3v) is 4.17. The Morgan fingerprint density at radius 2 is 1.71 bits per heavy atom. The molecule has 2 rings (SSSR count). The third kappa shape index (κ3) is 7.09. The number of carbonyl (C=O) groups excluding carboxylic acids is 3. The van der Waals surface area contributed by atoms with Gasteiger partial charge in [0.1, 0.15) is 5.82 Å². The van der Waals surface area contributed by atoms with E-state index in [9.17, 15) is 18.8 Å². The van der Waals surface area contributed by atoms with E-state index in [1.807, 2.05) is 6.07 Å². The number of carbonyl (C=O) groups is 3. The Kier molecular flexibility index (Phi) is 7.99. The van der Waals surface area contributed by atoms with Gasteiger partial charge in [0.15, 0.2) is 6.61 Å². The van der Waals surface area contributed by atoms with Crippen LogP contribution in [0.15, 0.2) is 48.5 Å². The zero-order valence-electron chi connectivity index (χ0n) is 14.6. The van der Waals surface area contributed by atoms with Crippen LogP contribution in [0.1, 0.15) is 5.56 Å². The lowest BCUT2D eigenvalue weighted by atomic mass is 10.2. The number of thioether (sulfide) groups is 1. The second-order valence-corrected chi connectivity index (χ2v) is 6.40. The normalized spacial score (nSPS) is 9.86. The van der Waals surface area contributed by atoms with Gasteiger partial charge in [-0.1, -0.05) is 12.1 Å². The van der Waals surface area contributed by atoms with E-state index in [-0.39, 0.29) is 17.2 Å². The summed E-state index contributed by atoms with van der Waals surface area (Å²) in [6.07, 6.45) is 0. The number of esters is 1. The first kappa shape index (κ1) is 20.9. The second kappa shape index (κ2) is 10.7. The number of amides is 2. The lowest BCUT2D eigenvalue weighted by molar-refractivity contribution is -0.144. The van der Waals surface area contributed by atoms with Gasteiger partial charge < -0.3 is 15.4 Å². The zero-order chi connectivity index (χ0) is 20.4. The fourth-order valence-electron chi connectivity index (χ4n) is 1.99. The van der Waals surface area contributed by atoms with Crippen molar-refractivity contribution in [2.24, 2.45) is 0 Å². The first-order valence-corrected chi connectivity index (χ1v) is 9.21. The molecule has 2 aromatic rings. The van der Waals surface area contributed by atoms with Crippen LogP contribution in [0.3, 0.4) is 0 Å². The Balaban J connectivity index is 1.64. The Bertz CT molecular complexity index is 897. The van der Waals surface area contributed by atoms with Gasteiger partial charge in [-0.05, 0) is 36.4 Å². The molecular weight excluding hydrogens is 385 g/mol. The fraction of sp³-hybridized carbons (Fsp3) is 0.158. The number of nitrogens with zero attached hydrogens (tertiary/aromatic N) is 1. The molecule has 0 spiro atoms. The van der Waals surface area contributed by atoms with Crippen molar-refractivity contribution in [3.8, 4) is 6.07 Å². The number of hydrogen-bond donors (Lipinski definition) is 2. The predicted octanol–water partition coefficient (Wildman–Crippen LogP) is 2.55. The summed E-state index contributed by atoms with van der Waals surface area (Å²) in [4.78, 5) is 35.1. The molecule has 2 aromatic carbocycles. The minimum absolute atomic E-state index is 0.0650. The van der Waals surface area contributed by atoms with Crippen molar-refractivity contribution < 1.29 is 23.5 Å². The van der Waals surface area contributed by atoms with Gasteiger partial charge in [0.05, 0.1) is 28.8 Å². The molecule has 0 heterocycles. The number of nitriles is 1. The topological polar surface area (TPSA) is 108 Å². The molecule has 144 valence electrons. The van der Waals surface area contributed by atoms with E-state index >= 15 is 0 Å². The maximum absolute atomic E-state index is 13.4. The molecule has 0 fully saturated rings. The maximum Gasteiger partial charge on any atom is 0.316 e. The van der Waals surface area contributed by atoms with E-state index in [0.717, 1.165) is 11.8 Å². The summed E-state index contributed by atoms with van der Waals surface area (Å²) in [6, 6.07) is 13.9.